The number of amides is 1. The summed E-state index contributed by atoms with van der Waals surface area (Å²) in [5.41, 5.74) is -2.64. The predicted octanol–water partition coefficient (Wildman–Crippen LogP) is 7.31. The molecule has 0 aromatic heterocycles. The van der Waals surface area contributed by atoms with Crippen LogP contribution in [0.2, 0.25) is 0 Å². The van der Waals surface area contributed by atoms with Crippen molar-refractivity contribution in [2.24, 2.45) is 5.41 Å². The highest BCUT2D eigenvalue weighted by Gasteiger charge is 2.46. The number of hydrogen-bond donors (Lipinski definition) is 1. The monoisotopic (exact) mass is 544 g/mol. The number of carbonyl (C=O) groups is 1. The molecule has 1 aliphatic heterocycles. The van der Waals surface area contributed by atoms with E-state index in [9.17, 15) is 35.5 Å². The van der Waals surface area contributed by atoms with Gasteiger partial charge in [-0.3, -0.25) is 4.79 Å². The Morgan fingerprint density at radius 2 is 1.53 bits per heavy atom. The molecule has 1 aliphatic carbocycles. The molecule has 1 heterocycles. The zero-order valence-electron chi connectivity index (χ0n) is 21.1. The SMILES string of the molecule is CCC1(C(=O)NCc2cc(C(F)(F)F)cc(C(F)(F)F)c2)CCC(N2CCC(c3ccc(F)cc3)CC2)C1. The van der Waals surface area contributed by atoms with Gasteiger partial charge in [0.05, 0.1) is 16.5 Å². The second kappa shape index (κ2) is 10.9. The van der Waals surface area contributed by atoms with Gasteiger partial charge in [-0.1, -0.05) is 19.1 Å². The molecular weight excluding hydrogens is 513 g/mol. The van der Waals surface area contributed by atoms with Crippen LogP contribution in [0.4, 0.5) is 30.7 Å². The van der Waals surface area contributed by atoms with Crippen LogP contribution in [0, 0.1) is 11.2 Å². The van der Waals surface area contributed by atoms with Gasteiger partial charge in [-0.05, 0) is 99.0 Å². The van der Waals surface area contributed by atoms with Gasteiger partial charge in [-0.2, -0.15) is 26.3 Å². The van der Waals surface area contributed by atoms with Gasteiger partial charge in [0, 0.05) is 12.6 Å². The van der Waals surface area contributed by atoms with Crippen LogP contribution >= 0.6 is 0 Å². The summed E-state index contributed by atoms with van der Waals surface area (Å²) < 4.78 is 92.3. The Balaban J connectivity index is 1.38. The minimum Gasteiger partial charge on any atom is -0.352 e. The lowest BCUT2D eigenvalue weighted by Crippen LogP contribution is -2.43. The Labute approximate surface area is 217 Å². The summed E-state index contributed by atoms with van der Waals surface area (Å²) in [5, 5.41) is 2.62. The fourth-order valence-electron chi connectivity index (χ4n) is 5.92. The smallest absolute Gasteiger partial charge is 0.352 e. The van der Waals surface area contributed by atoms with Crippen molar-refractivity contribution in [3.05, 3.63) is 70.5 Å². The molecule has 208 valence electrons. The molecular formula is C28H31F7N2O. The summed E-state index contributed by atoms with van der Waals surface area (Å²) in [4.78, 5) is 15.6. The lowest BCUT2D eigenvalue weighted by atomic mass is 9.81. The third-order valence-electron chi connectivity index (χ3n) is 8.23. The van der Waals surface area contributed by atoms with Crippen LogP contribution in [0.15, 0.2) is 42.5 Å². The van der Waals surface area contributed by atoms with Crippen LogP contribution in [0.25, 0.3) is 0 Å². The van der Waals surface area contributed by atoms with Crippen LogP contribution in [0.1, 0.15) is 73.6 Å². The molecule has 1 saturated carbocycles. The van der Waals surface area contributed by atoms with Crippen LogP contribution in [0.3, 0.4) is 0 Å². The number of alkyl halides is 6. The number of nitrogens with one attached hydrogen (secondary N) is 1. The molecule has 0 spiro atoms. The number of halogens is 7. The molecule has 1 saturated heterocycles. The lowest BCUT2D eigenvalue weighted by Gasteiger charge is -2.37. The summed E-state index contributed by atoms with van der Waals surface area (Å²) >= 11 is 0. The molecule has 10 heteroatoms. The molecule has 1 amide bonds. The maximum Gasteiger partial charge on any atom is 0.416 e. The normalized spacial score (nSPS) is 23.5. The average molecular weight is 545 g/mol. The number of carbonyl (C=O) groups excluding carboxylic acids is 1. The highest BCUT2D eigenvalue weighted by molar-refractivity contribution is 5.83. The van der Waals surface area contributed by atoms with Crippen molar-refractivity contribution < 1.29 is 35.5 Å². The molecule has 2 aromatic rings. The zero-order valence-corrected chi connectivity index (χ0v) is 21.1. The van der Waals surface area contributed by atoms with Gasteiger partial charge < -0.3 is 10.2 Å². The van der Waals surface area contributed by atoms with Crippen LogP contribution in [-0.4, -0.2) is 29.9 Å². The van der Waals surface area contributed by atoms with E-state index in [-0.39, 0.29) is 29.4 Å². The van der Waals surface area contributed by atoms with Crippen molar-refractivity contribution in [1.82, 2.24) is 10.2 Å². The molecule has 0 bridgehead atoms. The molecule has 38 heavy (non-hydrogen) atoms. The zero-order chi connectivity index (χ0) is 27.7. The van der Waals surface area contributed by atoms with Crippen molar-refractivity contribution in [3.63, 3.8) is 0 Å². The second-order valence-corrected chi connectivity index (χ2v) is 10.5. The highest BCUT2D eigenvalue weighted by atomic mass is 19.4. The largest absolute Gasteiger partial charge is 0.416 e. The molecule has 1 N–H and O–H groups in total. The molecule has 4 rings (SSSR count). The fraction of sp³-hybridized carbons (Fsp3) is 0.536. The van der Waals surface area contributed by atoms with Gasteiger partial charge in [0.1, 0.15) is 5.82 Å². The topological polar surface area (TPSA) is 32.3 Å². The van der Waals surface area contributed by atoms with E-state index in [4.69, 9.17) is 0 Å². The summed E-state index contributed by atoms with van der Waals surface area (Å²) in [7, 11) is 0. The van der Waals surface area contributed by atoms with E-state index in [1.807, 2.05) is 19.1 Å². The van der Waals surface area contributed by atoms with E-state index < -0.39 is 35.4 Å². The van der Waals surface area contributed by atoms with Gasteiger partial charge >= 0.3 is 12.4 Å². The molecule has 2 atom stereocenters. The molecule has 2 unspecified atom stereocenters. The standard InChI is InChI=1S/C28H31F7N2O/c1-2-26(25(38)36-17-18-13-21(27(30,31)32)15-22(14-18)28(33,34)35)10-7-24(16-26)37-11-8-20(9-12-37)19-3-5-23(29)6-4-19/h3-6,13-15,20,24H,2,7-12,16-17H2,1H3,(H,36,38). The Kier molecular flexibility index (Phi) is 8.12. The summed E-state index contributed by atoms with van der Waals surface area (Å²) in [5.74, 6) is -0.253. The average Bonchev–Trinajstić information content (AvgIpc) is 3.33. The van der Waals surface area contributed by atoms with Crippen molar-refractivity contribution in [2.45, 2.75) is 76.3 Å². The van der Waals surface area contributed by atoms with Crippen molar-refractivity contribution in [2.75, 3.05) is 13.1 Å². The summed E-state index contributed by atoms with van der Waals surface area (Å²) in [6.07, 6.45) is -5.51. The second-order valence-electron chi connectivity index (χ2n) is 10.5. The Hall–Kier alpha value is -2.62. The first-order valence-corrected chi connectivity index (χ1v) is 12.9. The third-order valence-corrected chi connectivity index (χ3v) is 8.23. The van der Waals surface area contributed by atoms with E-state index in [0.717, 1.165) is 37.9 Å². The van der Waals surface area contributed by atoms with Crippen molar-refractivity contribution in [1.29, 1.82) is 0 Å². The van der Waals surface area contributed by atoms with Gasteiger partial charge in [-0.15, -0.1) is 0 Å². The maximum atomic E-state index is 13.2. The molecule has 2 aliphatic rings. The minimum absolute atomic E-state index is 0.0830. The van der Waals surface area contributed by atoms with Crippen LogP contribution < -0.4 is 5.32 Å². The lowest BCUT2D eigenvalue weighted by molar-refractivity contribution is -0.143. The Bertz CT molecular complexity index is 1090. The predicted molar refractivity (Wildman–Crippen MR) is 129 cm³/mol. The van der Waals surface area contributed by atoms with Crippen LogP contribution in [0.5, 0.6) is 0 Å². The quantitative estimate of drug-likeness (QED) is 0.387. The molecule has 2 aromatic carbocycles. The molecule has 0 radical (unpaired) electrons. The number of likely N-dealkylation sites (tertiary alicyclic amines) is 1. The number of hydrogen-bond acceptors (Lipinski definition) is 2. The van der Waals surface area contributed by atoms with E-state index in [0.29, 0.717) is 37.3 Å². The number of piperidine rings is 1. The first kappa shape index (κ1) is 28.4. The van der Waals surface area contributed by atoms with E-state index in [1.165, 1.54) is 12.1 Å². The summed E-state index contributed by atoms with van der Waals surface area (Å²) in [6, 6.07) is 8.14. The minimum atomic E-state index is -4.94. The third kappa shape index (κ3) is 6.33. The van der Waals surface area contributed by atoms with E-state index in [1.54, 1.807) is 0 Å². The van der Waals surface area contributed by atoms with Gasteiger partial charge in [0.2, 0.25) is 5.91 Å². The van der Waals surface area contributed by atoms with Crippen molar-refractivity contribution >= 4 is 5.91 Å². The molecule has 2 fully saturated rings. The summed E-state index contributed by atoms with van der Waals surface area (Å²) in [6.45, 7) is 3.16. The highest BCUT2D eigenvalue weighted by Crippen LogP contribution is 2.45. The van der Waals surface area contributed by atoms with Gasteiger partial charge in [0.25, 0.3) is 0 Å². The first-order chi connectivity index (χ1) is 17.8. The molecule has 3 nitrogen and oxygen atoms in total. The first-order valence-electron chi connectivity index (χ1n) is 12.9. The number of nitrogens with zero attached hydrogens (tertiary/aromatic N) is 1. The Morgan fingerprint density at radius 1 is 0.947 bits per heavy atom. The van der Waals surface area contributed by atoms with E-state index >= 15 is 0 Å². The van der Waals surface area contributed by atoms with E-state index in [2.05, 4.69) is 10.2 Å². The van der Waals surface area contributed by atoms with Gasteiger partial charge in [0.15, 0.2) is 0 Å². The van der Waals surface area contributed by atoms with Gasteiger partial charge in [-0.25, -0.2) is 4.39 Å². The Morgan fingerprint density at radius 3 is 2.05 bits per heavy atom. The number of rotatable bonds is 6. The number of benzene rings is 2. The fourth-order valence-corrected chi connectivity index (χ4v) is 5.92. The van der Waals surface area contributed by atoms with Crippen LogP contribution in [-0.2, 0) is 23.7 Å². The van der Waals surface area contributed by atoms with Crippen molar-refractivity contribution in [3.8, 4) is 0 Å². The maximum absolute atomic E-state index is 13.2.